The number of nitrogens with zero attached hydrogens (tertiary/aromatic N) is 5. The summed E-state index contributed by atoms with van der Waals surface area (Å²) < 4.78 is 5.49. The molecule has 2 aromatic heterocycles. The van der Waals surface area contributed by atoms with Crippen molar-refractivity contribution in [3.05, 3.63) is 48.2 Å². The molecular formula is C14H11N5O. The van der Waals surface area contributed by atoms with E-state index in [2.05, 4.69) is 20.4 Å². The van der Waals surface area contributed by atoms with E-state index in [1.807, 2.05) is 36.4 Å². The second-order valence-electron chi connectivity index (χ2n) is 4.51. The lowest BCUT2D eigenvalue weighted by Gasteiger charge is -2.01. The molecule has 1 aliphatic rings. The molecule has 0 radical (unpaired) electrons. The number of rotatable bonds is 2. The van der Waals surface area contributed by atoms with Gasteiger partial charge in [-0.05, 0) is 41.1 Å². The van der Waals surface area contributed by atoms with Crippen LogP contribution in [-0.2, 0) is 6.42 Å². The zero-order valence-electron chi connectivity index (χ0n) is 10.6. The third-order valence-corrected chi connectivity index (χ3v) is 3.21. The molecule has 0 N–H and O–H groups in total. The van der Waals surface area contributed by atoms with Crippen LogP contribution in [0.2, 0.25) is 0 Å². The minimum atomic E-state index is 0.516. The monoisotopic (exact) mass is 265 g/mol. The predicted octanol–water partition coefficient (Wildman–Crippen LogP) is 1.66. The minimum absolute atomic E-state index is 0.516. The van der Waals surface area contributed by atoms with Crippen LogP contribution in [0.3, 0.4) is 0 Å². The molecule has 98 valence electrons. The summed E-state index contributed by atoms with van der Waals surface area (Å²) >= 11 is 0. The van der Waals surface area contributed by atoms with Crippen molar-refractivity contribution in [2.75, 3.05) is 6.61 Å². The Hall–Kier alpha value is -2.76. The van der Waals surface area contributed by atoms with Crippen LogP contribution >= 0.6 is 0 Å². The van der Waals surface area contributed by atoms with Gasteiger partial charge in [0.05, 0.1) is 12.3 Å². The first-order valence-corrected chi connectivity index (χ1v) is 6.38. The highest BCUT2D eigenvalue weighted by molar-refractivity contribution is 5.48. The molecule has 1 aromatic carbocycles. The molecule has 3 aromatic rings. The molecule has 4 rings (SSSR count). The van der Waals surface area contributed by atoms with Crippen molar-refractivity contribution in [3.8, 4) is 23.0 Å². The Labute approximate surface area is 115 Å². The number of aromatic nitrogens is 5. The van der Waals surface area contributed by atoms with Crippen LogP contribution in [-0.4, -0.2) is 31.8 Å². The van der Waals surface area contributed by atoms with Crippen LogP contribution in [0.4, 0.5) is 0 Å². The summed E-state index contributed by atoms with van der Waals surface area (Å²) in [5, 5.41) is 12.5. The Balaban J connectivity index is 1.72. The van der Waals surface area contributed by atoms with Crippen molar-refractivity contribution in [2.24, 2.45) is 0 Å². The topological polar surface area (TPSA) is 65.7 Å². The number of tetrazole rings is 1. The van der Waals surface area contributed by atoms with E-state index in [4.69, 9.17) is 4.74 Å². The number of fused-ring (bicyclic) bond motifs is 1. The van der Waals surface area contributed by atoms with Gasteiger partial charge in [-0.3, -0.25) is 4.98 Å². The summed E-state index contributed by atoms with van der Waals surface area (Å²) in [6, 6.07) is 11.5. The van der Waals surface area contributed by atoms with E-state index < -0.39 is 0 Å². The molecule has 0 bridgehead atoms. The largest absolute Gasteiger partial charge is 0.493 e. The first-order valence-electron chi connectivity index (χ1n) is 6.38. The van der Waals surface area contributed by atoms with Gasteiger partial charge in [0.2, 0.25) is 5.82 Å². The smallest absolute Gasteiger partial charge is 0.223 e. The zero-order chi connectivity index (χ0) is 13.4. The van der Waals surface area contributed by atoms with Crippen molar-refractivity contribution in [1.29, 1.82) is 0 Å². The van der Waals surface area contributed by atoms with Crippen LogP contribution in [0.5, 0.6) is 5.75 Å². The number of hydrogen-bond donors (Lipinski definition) is 0. The van der Waals surface area contributed by atoms with E-state index in [0.29, 0.717) is 11.5 Å². The Morgan fingerprint density at radius 2 is 2.15 bits per heavy atom. The van der Waals surface area contributed by atoms with Gasteiger partial charge in [0.25, 0.3) is 0 Å². The highest BCUT2D eigenvalue weighted by atomic mass is 16.5. The van der Waals surface area contributed by atoms with Gasteiger partial charge >= 0.3 is 0 Å². The van der Waals surface area contributed by atoms with Crippen LogP contribution in [0.25, 0.3) is 17.2 Å². The second kappa shape index (κ2) is 4.41. The van der Waals surface area contributed by atoms with Crippen LogP contribution in [0, 0.1) is 0 Å². The van der Waals surface area contributed by atoms with Crippen molar-refractivity contribution >= 4 is 0 Å². The quantitative estimate of drug-likeness (QED) is 0.705. The molecule has 0 fully saturated rings. The van der Waals surface area contributed by atoms with Gasteiger partial charge in [0.1, 0.15) is 11.4 Å². The van der Waals surface area contributed by atoms with Crippen LogP contribution in [0.1, 0.15) is 5.56 Å². The van der Waals surface area contributed by atoms with Gasteiger partial charge in [0, 0.05) is 12.6 Å². The minimum Gasteiger partial charge on any atom is -0.493 e. The second-order valence-corrected chi connectivity index (χ2v) is 4.51. The highest BCUT2D eigenvalue weighted by Crippen LogP contribution is 2.26. The Morgan fingerprint density at radius 1 is 1.15 bits per heavy atom. The third kappa shape index (κ3) is 1.82. The van der Waals surface area contributed by atoms with Gasteiger partial charge in [-0.15, -0.1) is 15.0 Å². The maximum atomic E-state index is 5.49. The number of ether oxygens (including phenoxy) is 1. The van der Waals surface area contributed by atoms with Gasteiger partial charge in [-0.25, -0.2) is 0 Å². The maximum Gasteiger partial charge on any atom is 0.223 e. The Kier molecular flexibility index (Phi) is 2.45. The fourth-order valence-electron chi connectivity index (χ4n) is 2.22. The van der Waals surface area contributed by atoms with Crippen LogP contribution in [0.15, 0.2) is 42.6 Å². The normalized spacial score (nSPS) is 13.0. The molecular weight excluding hydrogens is 254 g/mol. The molecule has 0 amide bonds. The van der Waals surface area contributed by atoms with E-state index in [1.54, 1.807) is 6.20 Å². The van der Waals surface area contributed by atoms with Gasteiger partial charge in [0.15, 0.2) is 0 Å². The first kappa shape index (κ1) is 11.1. The standard InChI is InChI=1S/C14H11N5O/c1-2-7-15-12(3-1)14-16-18-19(17-14)11-4-5-13-10(9-11)6-8-20-13/h1-5,7,9H,6,8H2. The first-order chi connectivity index (χ1) is 9.90. The molecule has 6 heteroatoms. The van der Waals surface area contributed by atoms with Gasteiger partial charge < -0.3 is 4.74 Å². The highest BCUT2D eigenvalue weighted by Gasteiger charge is 2.14. The van der Waals surface area contributed by atoms with Crippen LogP contribution < -0.4 is 4.74 Å². The lowest BCUT2D eigenvalue weighted by Crippen LogP contribution is -1.99. The van der Waals surface area contributed by atoms with Crippen molar-refractivity contribution in [2.45, 2.75) is 6.42 Å². The average Bonchev–Trinajstić information content (AvgIpc) is 3.16. The lowest BCUT2D eigenvalue weighted by molar-refractivity contribution is 0.357. The Morgan fingerprint density at radius 3 is 3.05 bits per heavy atom. The van der Waals surface area contributed by atoms with Crippen molar-refractivity contribution in [1.82, 2.24) is 25.2 Å². The summed E-state index contributed by atoms with van der Waals surface area (Å²) in [7, 11) is 0. The molecule has 0 saturated heterocycles. The summed E-state index contributed by atoms with van der Waals surface area (Å²) in [4.78, 5) is 5.73. The average molecular weight is 265 g/mol. The number of benzene rings is 1. The molecule has 1 aliphatic heterocycles. The molecule has 20 heavy (non-hydrogen) atoms. The SMILES string of the molecule is c1ccc(-c2nnn(-c3ccc4c(c3)CCO4)n2)nc1. The molecule has 0 saturated carbocycles. The predicted molar refractivity (Wildman–Crippen MR) is 71.6 cm³/mol. The molecule has 0 atom stereocenters. The molecule has 0 aliphatic carbocycles. The third-order valence-electron chi connectivity index (χ3n) is 3.21. The maximum absolute atomic E-state index is 5.49. The van der Waals surface area contributed by atoms with E-state index >= 15 is 0 Å². The van der Waals surface area contributed by atoms with E-state index in [9.17, 15) is 0 Å². The molecule has 3 heterocycles. The molecule has 0 spiro atoms. The fraction of sp³-hybridized carbons (Fsp3) is 0.143. The van der Waals surface area contributed by atoms with Gasteiger partial charge in [-0.1, -0.05) is 6.07 Å². The van der Waals surface area contributed by atoms with E-state index in [1.165, 1.54) is 10.4 Å². The van der Waals surface area contributed by atoms with Gasteiger partial charge in [-0.2, -0.15) is 0 Å². The number of pyridine rings is 1. The summed E-state index contributed by atoms with van der Waals surface area (Å²) in [5.74, 6) is 1.46. The molecule has 0 unspecified atom stereocenters. The summed E-state index contributed by atoms with van der Waals surface area (Å²) in [6.45, 7) is 0.739. The summed E-state index contributed by atoms with van der Waals surface area (Å²) in [5.41, 5.74) is 2.77. The summed E-state index contributed by atoms with van der Waals surface area (Å²) in [6.07, 6.45) is 2.63. The van der Waals surface area contributed by atoms with E-state index in [-0.39, 0.29) is 0 Å². The lowest BCUT2D eigenvalue weighted by atomic mass is 10.1. The Bertz CT molecular complexity index is 753. The van der Waals surface area contributed by atoms with E-state index in [0.717, 1.165) is 24.5 Å². The number of hydrogen-bond acceptors (Lipinski definition) is 5. The fourth-order valence-corrected chi connectivity index (χ4v) is 2.22. The molecule has 6 nitrogen and oxygen atoms in total. The van der Waals surface area contributed by atoms with Crippen molar-refractivity contribution < 1.29 is 4.74 Å². The zero-order valence-corrected chi connectivity index (χ0v) is 10.6. The van der Waals surface area contributed by atoms with Crippen molar-refractivity contribution in [3.63, 3.8) is 0 Å².